The third-order valence-corrected chi connectivity index (χ3v) is 9.30. The lowest BCUT2D eigenvalue weighted by molar-refractivity contribution is -0.765. The number of hydrogen-bond donors (Lipinski definition) is 7. The molecule has 0 amide bonds. The van der Waals surface area contributed by atoms with E-state index in [0.29, 0.717) is 0 Å². The van der Waals surface area contributed by atoms with Gasteiger partial charge in [-0.15, -0.1) is 0 Å². The van der Waals surface area contributed by atoms with E-state index in [1.807, 2.05) is 0 Å². The van der Waals surface area contributed by atoms with Gasteiger partial charge in [0.15, 0.2) is 36.2 Å². The molecule has 44 heavy (non-hydrogen) atoms. The molecule has 0 bridgehead atoms. The number of imidazole rings is 1. The van der Waals surface area contributed by atoms with Crippen molar-refractivity contribution < 1.29 is 76.6 Å². The fourth-order valence-electron chi connectivity index (χ4n) is 4.55. The van der Waals surface area contributed by atoms with Gasteiger partial charge in [0, 0.05) is 6.07 Å². The molecule has 3 aromatic heterocycles. The largest absolute Gasteiger partial charge is 0.545 e. The van der Waals surface area contributed by atoms with Crippen molar-refractivity contribution in [3.63, 3.8) is 0 Å². The molecule has 5 rings (SSSR count). The number of phosphoric ester groups is 2. The topological polar surface area (TPSA) is 315 Å². The number of aliphatic hydroxyl groups excluding tert-OH is 4. The summed E-state index contributed by atoms with van der Waals surface area (Å²) in [5, 5.41) is 52.6. The van der Waals surface area contributed by atoms with E-state index >= 15 is 0 Å². The Morgan fingerprint density at radius 1 is 1.00 bits per heavy atom. The second kappa shape index (κ2) is 12.4. The average molecular weight is 664 g/mol. The smallest absolute Gasteiger partial charge is 0.481 e. The van der Waals surface area contributed by atoms with Gasteiger partial charge in [-0.25, -0.2) is 24.1 Å². The van der Waals surface area contributed by atoms with Gasteiger partial charge < -0.3 is 55.3 Å². The van der Waals surface area contributed by atoms with Gasteiger partial charge in [-0.1, -0.05) is 0 Å². The highest BCUT2D eigenvalue weighted by Crippen LogP contribution is 2.60. The van der Waals surface area contributed by atoms with Crippen LogP contribution in [0.4, 0.5) is 5.82 Å². The van der Waals surface area contributed by atoms with Gasteiger partial charge in [-0.05, 0) is 6.07 Å². The first-order valence-corrected chi connectivity index (χ1v) is 15.5. The number of carboxylic acid groups (broad SMARTS) is 1. The van der Waals surface area contributed by atoms with Crippen LogP contribution in [0.3, 0.4) is 0 Å². The van der Waals surface area contributed by atoms with Gasteiger partial charge in [0.25, 0.3) is 6.23 Å². The number of anilines is 1. The van der Waals surface area contributed by atoms with Gasteiger partial charge in [0.2, 0.25) is 0 Å². The summed E-state index contributed by atoms with van der Waals surface area (Å²) in [4.78, 5) is 42.9. The van der Waals surface area contributed by atoms with Crippen LogP contribution in [0.1, 0.15) is 22.8 Å². The monoisotopic (exact) mass is 664 g/mol. The Morgan fingerprint density at radius 2 is 1.64 bits per heavy atom. The van der Waals surface area contributed by atoms with Crippen LogP contribution in [0.25, 0.3) is 11.2 Å². The Balaban J connectivity index is 1.16. The summed E-state index contributed by atoms with van der Waals surface area (Å²) in [6.45, 7) is -1.85. The third-order valence-electron chi connectivity index (χ3n) is 6.70. The van der Waals surface area contributed by atoms with Crippen molar-refractivity contribution in [1.29, 1.82) is 0 Å². The maximum atomic E-state index is 12.4. The predicted molar refractivity (Wildman–Crippen MR) is 135 cm³/mol. The van der Waals surface area contributed by atoms with Gasteiger partial charge >= 0.3 is 15.6 Å². The summed E-state index contributed by atoms with van der Waals surface area (Å²) in [5.74, 6) is -1.47. The van der Waals surface area contributed by atoms with Crippen LogP contribution in [0.2, 0.25) is 0 Å². The second-order valence-electron chi connectivity index (χ2n) is 9.61. The van der Waals surface area contributed by atoms with Crippen LogP contribution in [-0.4, -0.2) is 106 Å². The number of fused-ring (bicyclic) bond motifs is 1. The van der Waals surface area contributed by atoms with Crippen LogP contribution >= 0.6 is 15.6 Å². The normalized spacial score (nSPS) is 31.6. The number of carboxylic acids is 1. The van der Waals surface area contributed by atoms with Crippen LogP contribution in [0.15, 0.2) is 37.2 Å². The maximum Gasteiger partial charge on any atom is 0.481 e. The molecule has 0 aliphatic carbocycles. The fourth-order valence-corrected chi connectivity index (χ4v) is 6.64. The van der Waals surface area contributed by atoms with Crippen LogP contribution in [-0.2, 0) is 32.0 Å². The Morgan fingerprint density at radius 3 is 2.30 bits per heavy atom. The minimum absolute atomic E-state index is 0.0443. The lowest BCUT2D eigenvalue weighted by Gasteiger charge is -2.20. The summed E-state index contributed by atoms with van der Waals surface area (Å²) in [6.07, 6.45) is -7.41. The van der Waals surface area contributed by atoms with E-state index in [1.54, 1.807) is 0 Å². The number of aromatic nitrogens is 5. The second-order valence-corrected chi connectivity index (χ2v) is 12.7. The summed E-state index contributed by atoms with van der Waals surface area (Å²) in [6, 6.07) is 2.53. The number of rotatable bonds is 11. The highest BCUT2D eigenvalue weighted by Gasteiger charge is 2.50. The van der Waals surface area contributed by atoms with Gasteiger partial charge in [0.1, 0.15) is 42.4 Å². The molecule has 0 aromatic carbocycles. The van der Waals surface area contributed by atoms with Gasteiger partial charge in [-0.2, -0.15) is 8.88 Å². The number of aliphatic hydroxyl groups is 4. The van der Waals surface area contributed by atoms with E-state index in [2.05, 4.69) is 28.3 Å². The number of pyridine rings is 1. The van der Waals surface area contributed by atoms with E-state index < -0.39 is 83.9 Å². The summed E-state index contributed by atoms with van der Waals surface area (Å²) in [7, 11) is -10.8. The molecular weight excluding hydrogens is 638 g/mol. The number of ether oxygens (including phenoxy) is 2. The molecule has 0 radical (unpaired) electrons. The molecule has 0 saturated carbocycles. The van der Waals surface area contributed by atoms with Crippen molar-refractivity contribution in [3.8, 4) is 0 Å². The molecule has 2 saturated heterocycles. The molecule has 2 unspecified atom stereocenters. The molecule has 23 heteroatoms. The third kappa shape index (κ3) is 6.65. The molecule has 10 atom stereocenters. The average Bonchev–Trinajstić information content (AvgIpc) is 3.61. The summed E-state index contributed by atoms with van der Waals surface area (Å²) < 4.78 is 51.7. The lowest BCUT2D eigenvalue weighted by Crippen LogP contribution is -2.46. The van der Waals surface area contributed by atoms with Crippen LogP contribution in [0, 0.1) is 0 Å². The number of carbonyl (C=O) groups is 1. The molecule has 2 fully saturated rings. The zero-order valence-corrected chi connectivity index (χ0v) is 23.9. The number of nitrogen functional groups attached to an aromatic ring is 1. The Labute approximate surface area is 245 Å². The molecule has 5 heterocycles. The Hall–Kier alpha value is -3.01. The van der Waals surface area contributed by atoms with Crippen molar-refractivity contribution in [2.75, 3.05) is 18.9 Å². The SMILES string of the molecule is Nc1ncnc2c1ncn2[C@@H]1O[C@@H](COP(=O)(O)OP(=O)(O)OC[C@@H]2O[C@@H]([n+]3cccc(C(=O)[O-])c3)[C@H](O)[C@H]2O)[C@H](O)[C@H]1O. The maximum absolute atomic E-state index is 12.4. The molecule has 0 spiro atoms. The number of hydrogen-bond acceptors (Lipinski definition) is 17. The first kappa shape index (κ1) is 32.4. The molecular formula is C21H26N6O15P2. The van der Waals surface area contributed by atoms with E-state index in [9.17, 15) is 49.2 Å². The van der Waals surface area contributed by atoms with Crippen molar-refractivity contribution in [1.82, 2.24) is 19.5 Å². The van der Waals surface area contributed by atoms with E-state index in [-0.39, 0.29) is 22.5 Å². The minimum atomic E-state index is -5.39. The highest BCUT2D eigenvalue weighted by atomic mass is 31.3. The molecule has 2 aliphatic rings. The Bertz CT molecular complexity index is 1630. The van der Waals surface area contributed by atoms with Crippen LogP contribution < -0.4 is 15.4 Å². The molecule has 21 nitrogen and oxygen atoms in total. The zero-order chi connectivity index (χ0) is 32.0. The van der Waals surface area contributed by atoms with Crippen molar-refractivity contribution in [2.45, 2.75) is 49.1 Å². The number of nitrogens with zero attached hydrogens (tertiary/aromatic N) is 5. The van der Waals surface area contributed by atoms with E-state index in [0.717, 1.165) is 17.1 Å². The molecule has 2 aliphatic heterocycles. The first-order chi connectivity index (χ1) is 20.7. The van der Waals surface area contributed by atoms with Crippen molar-refractivity contribution in [3.05, 3.63) is 42.7 Å². The van der Waals surface area contributed by atoms with Crippen molar-refractivity contribution >= 4 is 38.6 Å². The zero-order valence-electron chi connectivity index (χ0n) is 22.1. The first-order valence-electron chi connectivity index (χ1n) is 12.5. The predicted octanol–water partition coefficient (Wildman–Crippen LogP) is -3.75. The molecule has 3 aromatic rings. The minimum Gasteiger partial charge on any atom is -0.545 e. The van der Waals surface area contributed by atoms with Crippen molar-refractivity contribution in [2.24, 2.45) is 0 Å². The number of aromatic carboxylic acids is 1. The van der Waals surface area contributed by atoms with Crippen LogP contribution in [0.5, 0.6) is 0 Å². The molecule has 240 valence electrons. The quantitative estimate of drug-likeness (QED) is 0.0764. The lowest BCUT2D eigenvalue weighted by atomic mass is 10.1. The highest BCUT2D eigenvalue weighted by molar-refractivity contribution is 7.61. The standard InChI is InChI=1S/C21H26N6O15P2/c22-17-12-18(24-7-23-17)27(8-25-12)20-16(31)14(29)11(41-20)6-39-44(36,37)42-43(34,35)38-5-10-13(28)15(30)19(40-10)26-3-1-2-9(4-26)21(32)33/h1-4,7-8,10-11,13-16,19-20,28-31H,5-6H2,(H4-,22,23,24,32,33,34,35,36,37)/t10-,11-,13-,14-,15+,16+,19+,20+/m0/s1. The van der Waals surface area contributed by atoms with E-state index in [4.69, 9.17) is 15.2 Å². The fraction of sp³-hybridized carbons (Fsp3) is 0.476. The van der Waals surface area contributed by atoms with Gasteiger partial charge in [-0.3, -0.25) is 13.6 Å². The van der Waals surface area contributed by atoms with Gasteiger partial charge in [0.05, 0.1) is 31.1 Å². The number of carbonyl (C=O) groups excluding carboxylic acids is 1. The summed E-state index contributed by atoms with van der Waals surface area (Å²) >= 11 is 0. The van der Waals surface area contributed by atoms with E-state index in [1.165, 1.54) is 29.2 Å². The summed E-state index contributed by atoms with van der Waals surface area (Å²) in [5.41, 5.74) is 5.82. The Kier molecular flexibility index (Phi) is 9.13. The molecule has 8 N–H and O–H groups in total. The number of phosphoric acid groups is 2. The number of nitrogens with two attached hydrogens (primary N) is 1.